The van der Waals surface area contributed by atoms with Crippen molar-refractivity contribution in [1.29, 1.82) is 0 Å². The molecule has 0 radical (unpaired) electrons. The lowest BCUT2D eigenvalue weighted by atomic mass is 9.85. The summed E-state index contributed by atoms with van der Waals surface area (Å²) in [6.45, 7) is 6.55. The standard InChI is InChI=1S/C19H20O2/c1-19(2,3)15-8-9-18-16(11-15)14(12-20)10-13-6-4-5-7-17(13)21-18/h4-11,20H,12H2,1-3H3. The second kappa shape index (κ2) is 5.05. The van der Waals surface area contributed by atoms with E-state index in [0.29, 0.717) is 0 Å². The van der Waals surface area contributed by atoms with Gasteiger partial charge in [0.15, 0.2) is 0 Å². The van der Waals surface area contributed by atoms with Crippen molar-refractivity contribution >= 4 is 11.6 Å². The summed E-state index contributed by atoms with van der Waals surface area (Å²) in [5, 5.41) is 9.76. The molecule has 2 nitrogen and oxygen atoms in total. The van der Waals surface area contributed by atoms with Gasteiger partial charge < -0.3 is 9.84 Å². The third kappa shape index (κ3) is 2.59. The van der Waals surface area contributed by atoms with Gasteiger partial charge in [-0.3, -0.25) is 0 Å². The van der Waals surface area contributed by atoms with E-state index in [-0.39, 0.29) is 12.0 Å². The summed E-state index contributed by atoms with van der Waals surface area (Å²) in [6.07, 6.45) is 2.01. The van der Waals surface area contributed by atoms with Gasteiger partial charge in [-0.05, 0) is 40.8 Å². The van der Waals surface area contributed by atoms with E-state index in [1.807, 2.05) is 36.4 Å². The first kappa shape index (κ1) is 13.9. The average Bonchev–Trinajstić information content (AvgIpc) is 2.61. The van der Waals surface area contributed by atoms with E-state index in [2.05, 4.69) is 32.9 Å². The molecule has 1 heterocycles. The molecule has 0 fully saturated rings. The lowest BCUT2D eigenvalue weighted by Crippen LogP contribution is -2.11. The molecule has 0 saturated heterocycles. The van der Waals surface area contributed by atoms with E-state index >= 15 is 0 Å². The highest BCUT2D eigenvalue weighted by atomic mass is 16.5. The van der Waals surface area contributed by atoms with Crippen LogP contribution in [0, 0.1) is 0 Å². The Bertz CT molecular complexity index is 706. The summed E-state index contributed by atoms with van der Waals surface area (Å²) in [4.78, 5) is 0. The molecule has 1 N–H and O–H groups in total. The minimum absolute atomic E-state index is 0.00170. The smallest absolute Gasteiger partial charge is 0.135 e. The Morgan fingerprint density at radius 1 is 1.00 bits per heavy atom. The third-order valence-electron chi connectivity index (χ3n) is 3.83. The lowest BCUT2D eigenvalue weighted by molar-refractivity contribution is 0.350. The predicted octanol–water partition coefficient (Wildman–Crippen LogP) is 4.62. The molecule has 0 amide bonds. The van der Waals surface area contributed by atoms with E-state index in [4.69, 9.17) is 4.74 Å². The molecule has 0 aromatic heterocycles. The fourth-order valence-electron chi connectivity index (χ4n) is 2.54. The maximum Gasteiger partial charge on any atom is 0.135 e. The molecular weight excluding hydrogens is 260 g/mol. The normalized spacial score (nSPS) is 13.6. The van der Waals surface area contributed by atoms with Crippen LogP contribution in [-0.4, -0.2) is 11.7 Å². The minimum Gasteiger partial charge on any atom is -0.456 e. The summed E-state index contributed by atoms with van der Waals surface area (Å²) in [7, 11) is 0. The van der Waals surface area contributed by atoms with E-state index < -0.39 is 0 Å². The molecule has 1 aliphatic heterocycles. The van der Waals surface area contributed by atoms with Crippen molar-refractivity contribution in [2.24, 2.45) is 0 Å². The number of fused-ring (bicyclic) bond motifs is 2. The van der Waals surface area contributed by atoms with Crippen LogP contribution in [0.1, 0.15) is 37.5 Å². The van der Waals surface area contributed by atoms with Crippen LogP contribution < -0.4 is 4.74 Å². The molecule has 0 bridgehead atoms. The molecule has 0 saturated carbocycles. The average molecular weight is 280 g/mol. The van der Waals surface area contributed by atoms with Crippen molar-refractivity contribution in [1.82, 2.24) is 0 Å². The van der Waals surface area contributed by atoms with Crippen LogP contribution >= 0.6 is 0 Å². The molecule has 0 spiro atoms. The number of ether oxygens (including phenoxy) is 1. The van der Waals surface area contributed by atoms with Crippen molar-refractivity contribution in [2.45, 2.75) is 26.2 Å². The third-order valence-corrected chi connectivity index (χ3v) is 3.83. The van der Waals surface area contributed by atoms with Gasteiger partial charge in [0.2, 0.25) is 0 Å². The summed E-state index contributed by atoms with van der Waals surface area (Å²) in [5.41, 5.74) is 4.15. The number of benzene rings is 2. The van der Waals surface area contributed by atoms with Gasteiger partial charge in [-0.25, -0.2) is 0 Å². The van der Waals surface area contributed by atoms with Gasteiger partial charge in [0.1, 0.15) is 11.5 Å². The molecule has 0 atom stereocenters. The lowest BCUT2D eigenvalue weighted by Gasteiger charge is -2.21. The number of aliphatic hydroxyl groups excluding tert-OH is 1. The zero-order valence-corrected chi connectivity index (χ0v) is 12.7. The van der Waals surface area contributed by atoms with Crippen LogP contribution in [0.2, 0.25) is 0 Å². The molecule has 21 heavy (non-hydrogen) atoms. The molecule has 2 aromatic carbocycles. The number of hydrogen-bond acceptors (Lipinski definition) is 2. The first-order chi connectivity index (χ1) is 9.99. The number of hydrogen-bond donors (Lipinski definition) is 1. The summed E-state index contributed by atoms with van der Waals surface area (Å²) in [6, 6.07) is 14.1. The van der Waals surface area contributed by atoms with Crippen LogP contribution in [0.4, 0.5) is 0 Å². The molecule has 0 unspecified atom stereocenters. The van der Waals surface area contributed by atoms with Gasteiger partial charge >= 0.3 is 0 Å². The fraction of sp³-hybridized carbons (Fsp3) is 0.263. The first-order valence-corrected chi connectivity index (χ1v) is 7.22. The van der Waals surface area contributed by atoms with Crippen LogP contribution in [-0.2, 0) is 5.41 Å². The van der Waals surface area contributed by atoms with Crippen molar-refractivity contribution in [3.63, 3.8) is 0 Å². The Balaban J connectivity index is 2.19. The van der Waals surface area contributed by atoms with Crippen molar-refractivity contribution in [3.8, 4) is 11.5 Å². The zero-order chi connectivity index (χ0) is 15.0. The van der Waals surface area contributed by atoms with E-state index in [0.717, 1.165) is 28.2 Å². The van der Waals surface area contributed by atoms with Crippen LogP contribution in [0.25, 0.3) is 11.6 Å². The van der Waals surface area contributed by atoms with E-state index in [1.165, 1.54) is 5.56 Å². The Hall–Kier alpha value is -2.06. The molecule has 0 aliphatic carbocycles. The minimum atomic E-state index is -0.00170. The van der Waals surface area contributed by atoms with Crippen LogP contribution in [0.5, 0.6) is 11.5 Å². The fourth-order valence-corrected chi connectivity index (χ4v) is 2.54. The maximum absolute atomic E-state index is 9.76. The van der Waals surface area contributed by atoms with Gasteiger partial charge in [0.05, 0.1) is 6.61 Å². The quantitative estimate of drug-likeness (QED) is 0.825. The number of rotatable bonds is 1. The van der Waals surface area contributed by atoms with Gasteiger partial charge in [0.25, 0.3) is 0 Å². The highest BCUT2D eigenvalue weighted by Gasteiger charge is 2.20. The van der Waals surface area contributed by atoms with Gasteiger partial charge in [-0.1, -0.05) is 45.0 Å². The molecule has 2 heteroatoms. The SMILES string of the molecule is CC(C)(C)c1ccc2c(c1)C(CO)=Cc1ccccc1O2. The second-order valence-electron chi connectivity index (χ2n) is 6.43. The Labute approximate surface area is 125 Å². The monoisotopic (exact) mass is 280 g/mol. The van der Waals surface area contributed by atoms with Crippen molar-refractivity contribution in [3.05, 3.63) is 59.2 Å². The Morgan fingerprint density at radius 2 is 1.76 bits per heavy atom. The van der Waals surface area contributed by atoms with Gasteiger partial charge in [-0.2, -0.15) is 0 Å². The Kier molecular flexibility index (Phi) is 3.34. The zero-order valence-electron chi connectivity index (χ0n) is 12.7. The first-order valence-electron chi connectivity index (χ1n) is 7.22. The largest absolute Gasteiger partial charge is 0.456 e. The van der Waals surface area contributed by atoms with Crippen LogP contribution in [0.3, 0.4) is 0 Å². The molecule has 108 valence electrons. The van der Waals surface area contributed by atoms with Gasteiger partial charge in [-0.15, -0.1) is 0 Å². The second-order valence-corrected chi connectivity index (χ2v) is 6.43. The highest BCUT2D eigenvalue weighted by Crippen LogP contribution is 2.39. The summed E-state index contributed by atoms with van der Waals surface area (Å²) >= 11 is 0. The molecule has 1 aliphatic rings. The van der Waals surface area contributed by atoms with Crippen molar-refractivity contribution in [2.75, 3.05) is 6.61 Å². The molecule has 2 aromatic rings. The maximum atomic E-state index is 9.76. The number of aliphatic hydroxyl groups is 1. The molecule has 3 rings (SSSR count). The molecular formula is C19H20O2. The summed E-state index contributed by atoms with van der Waals surface area (Å²) < 4.78 is 6.04. The Morgan fingerprint density at radius 3 is 2.48 bits per heavy atom. The predicted molar refractivity (Wildman–Crippen MR) is 86.6 cm³/mol. The van der Waals surface area contributed by atoms with E-state index in [9.17, 15) is 5.11 Å². The van der Waals surface area contributed by atoms with E-state index in [1.54, 1.807) is 0 Å². The van der Waals surface area contributed by atoms with Gasteiger partial charge in [0, 0.05) is 11.1 Å². The topological polar surface area (TPSA) is 29.5 Å². The van der Waals surface area contributed by atoms with Crippen LogP contribution in [0.15, 0.2) is 42.5 Å². The number of para-hydroxylation sites is 1. The summed E-state index contributed by atoms with van der Waals surface area (Å²) in [5.74, 6) is 1.62. The van der Waals surface area contributed by atoms with Crippen molar-refractivity contribution < 1.29 is 9.84 Å². The highest BCUT2D eigenvalue weighted by molar-refractivity contribution is 5.87.